The minimum Gasteiger partial charge on any atom is -0.496 e. The zero-order chi connectivity index (χ0) is 31.3. The van der Waals surface area contributed by atoms with E-state index in [1.165, 1.54) is 19.2 Å². The van der Waals surface area contributed by atoms with Crippen molar-refractivity contribution in [2.45, 2.75) is 12.1 Å². The molecule has 0 unspecified atom stereocenters. The van der Waals surface area contributed by atoms with Crippen molar-refractivity contribution in [2.24, 2.45) is 0 Å². The second-order valence-corrected chi connectivity index (χ2v) is 10.4. The number of carbonyl (C=O) groups excluding carboxylic acids is 1. The van der Waals surface area contributed by atoms with Gasteiger partial charge in [0.25, 0.3) is 11.6 Å². The van der Waals surface area contributed by atoms with Gasteiger partial charge in [-0.2, -0.15) is 0 Å². The number of hydrogen-bond acceptors (Lipinski definition) is 8. The third-order valence-electron chi connectivity index (χ3n) is 7.22. The number of pyridine rings is 1. The molecule has 1 saturated heterocycles. The summed E-state index contributed by atoms with van der Waals surface area (Å²) in [6, 6.07) is 29.3. The number of ether oxygens (including phenoxy) is 2. The highest BCUT2D eigenvalue weighted by molar-refractivity contribution is 7.80. The molecule has 12 heteroatoms. The highest BCUT2D eigenvalue weighted by Gasteiger charge is 2.42. The maximum Gasteiger partial charge on any atom is 0.273 e. The van der Waals surface area contributed by atoms with E-state index in [9.17, 15) is 14.9 Å². The third kappa shape index (κ3) is 6.31. The highest BCUT2D eigenvalue weighted by atomic mass is 32.1. The molecule has 3 heterocycles. The molecule has 2 N–H and O–H groups in total. The Hall–Kier alpha value is -5.75. The monoisotopic (exact) mass is 621 g/mol. The van der Waals surface area contributed by atoms with E-state index in [0.717, 1.165) is 11.4 Å². The standard InChI is InChI=1S/C33H27N5O6S/c1-42-29-19-23(38(40)41)14-15-25(29)27-16-17-28(44-27)32-31(26-9-5-6-18-34-26)36-33(45)37(32)22-12-10-21(11-13-22)35-30(39)20-43-24-7-3-2-4-8-24/h2-19,31-32H,20H2,1H3,(H,35,39)(H,36,45)/t31-,32-/m1/s1. The number of nitro groups is 1. The van der Waals surface area contributed by atoms with Crippen LogP contribution in [0.2, 0.25) is 0 Å². The largest absolute Gasteiger partial charge is 0.496 e. The first-order chi connectivity index (χ1) is 21.9. The van der Waals surface area contributed by atoms with Gasteiger partial charge in [0, 0.05) is 23.6 Å². The van der Waals surface area contributed by atoms with Gasteiger partial charge in [0.05, 0.1) is 35.4 Å². The van der Waals surface area contributed by atoms with E-state index >= 15 is 0 Å². The van der Waals surface area contributed by atoms with Gasteiger partial charge < -0.3 is 29.4 Å². The van der Waals surface area contributed by atoms with Crippen LogP contribution in [0.3, 0.4) is 0 Å². The molecule has 1 aliphatic heterocycles. The van der Waals surface area contributed by atoms with Crippen LogP contribution < -0.4 is 25.0 Å². The van der Waals surface area contributed by atoms with E-state index in [1.54, 1.807) is 42.6 Å². The SMILES string of the molecule is COc1cc([N+](=O)[O-])ccc1-c1ccc([C@@H]2[C@@H](c3ccccn3)NC(=S)N2c2ccc(NC(=O)COc3ccccc3)cc2)o1. The number of aromatic nitrogens is 1. The fourth-order valence-corrected chi connectivity index (χ4v) is 5.49. The lowest BCUT2D eigenvalue weighted by atomic mass is 10.0. The van der Waals surface area contributed by atoms with Crippen LogP contribution in [0.5, 0.6) is 11.5 Å². The maximum absolute atomic E-state index is 12.5. The first-order valence-corrected chi connectivity index (χ1v) is 14.3. The van der Waals surface area contributed by atoms with Crippen molar-refractivity contribution in [2.75, 3.05) is 23.9 Å². The Labute approximate surface area is 263 Å². The number of nitrogens with zero attached hydrogens (tertiary/aromatic N) is 3. The Morgan fingerprint density at radius 2 is 1.82 bits per heavy atom. The van der Waals surface area contributed by atoms with E-state index in [2.05, 4.69) is 15.6 Å². The van der Waals surface area contributed by atoms with E-state index in [0.29, 0.717) is 39.4 Å². The van der Waals surface area contributed by atoms with Crippen LogP contribution in [0.4, 0.5) is 17.1 Å². The Morgan fingerprint density at radius 3 is 2.53 bits per heavy atom. The number of rotatable bonds is 10. The summed E-state index contributed by atoms with van der Waals surface area (Å²) in [4.78, 5) is 29.8. The summed E-state index contributed by atoms with van der Waals surface area (Å²) in [5, 5.41) is 18.0. The molecule has 0 aliphatic carbocycles. The quantitative estimate of drug-likeness (QED) is 0.102. The smallest absolute Gasteiger partial charge is 0.273 e. The number of carbonyl (C=O) groups is 1. The summed E-state index contributed by atoms with van der Waals surface area (Å²) < 4.78 is 17.4. The molecule has 6 rings (SSSR count). The van der Waals surface area contributed by atoms with Gasteiger partial charge in [-0.3, -0.25) is 19.9 Å². The van der Waals surface area contributed by atoms with Gasteiger partial charge in [-0.15, -0.1) is 0 Å². The molecule has 1 amide bonds. The van der Waals surface area contributed by atoms with Gasteiger partial charge in [0.1, 0.15) is 29.1 Å². The fourth-order valence-electron chi connectivity index (χ4n) is 5.14. The summed E-state index contributed by atoms with van der Waals surface area (Å²) in [6.45, 7) is -0.125. The lowest BCUT2D eigenvalue weighted by Crippen LogP contribution is -2.29. The first kappa shape index (κ1) is 29.3. The molecule has 0 spiro atoms. The molecule has 0 saturated carbocycles. The van der Waals surface area contributed by atoms with Crippen molar-refractivity contribution < 1.29 is 23.6 Å². The number of furan rings is 1. The van der Waals surface area contributed by atoms with Crippen LogP contribution >= 0.6 is 12.2 Å². The summed E-state index contributed by atoms with van der Waals surface area (Å²) in [6.07, 6.45) is 1.72. The van der Waals surface area contributed by atoms with Crippen molar-refractivity contribution in [1.29, 1.82) is 0 Å². The average molecular weight is 622 g/mol. The first-order valence-electron chi connectivity index (χ1n) is 13.9. The van der Waals surface area contributed by atoms with Gasteiger partial charge in [-0.25, -0.2) is 0 Å². The molecule has 1 fully saturated rings. The number of non-ortho nitro benzene ring substituents is 1. The summed E-state index contributed by atoms with van der Waals surface area (Å²) >= 11 is 5.81. The molecular formula is C33H27N5O6S. The van der Waals surface area contributed by atoms with Crippen molar-refractivity contribution in [3.63, 3.8) is 0 Å². The Balaban J connectivity index is 1.27. The van der Waals surface area contributed by atoms with Gasteiger partial charge in [-0.1, -0.05) is 24.3 Å². The highest BCUT2D eigenvalue weighted by Crippen LogP contribution is 2.44. The van der Waals surface area contributed by atoms with Crippen LogP contribution in [-0.4, -0.2) is 34.6 Å². The summed E-state index contributed by atoms with van der Waals surface area (Å²) in [7, 11) is 1.45. The van der Waals surface area contributed by atoms with E-state index in [-0.39, 0.29) is 24.2 Å². The number of nitro benzene ring substituents is 1. The van der Waals surface area contributed by atoms with Crippen molar-refractivity contribution in [3.05, 3.63) is 131 Å². The second-order valence-electron chi connectivity index (χ2n) is 10.0. The van der Waals surface area contributed by atoms with Crippen LogP contribution in [0.1, 0.15) is 23.5 Å². The van der Waals surface area contributed by atoms with Crippen LogP contribution in [0, 0.1) is 10.1 Å². The average Bonchev–Trinajstić information content (AvgIpc) is 3.69. The zero-order valence-electron chi connectivity index (χ0n) is 24.0. The van der Waals surface area contributed by atoms with Crippen LogP contribution in [-0.2, 0) is 4.79 Å². The topological polar surface area (TPSA) is 132 Å². The number of hydrogen-bond donors (Lipinski definition) is 2. The maximum atomic E-state index is 12.5. The third-order valence-corrected chi connectivity index (χ3v) is 7.53. The normalized spacial score (nSPS) is 15.8. The van der Waals surface area contributed by atoms with Gasteiger partial charge in [0.2, 0.25) is 0 Å². The van der Waals surface area contributed by atoms with Crippen LogP contribution in [0.25, 0.3) is 11.3 Å². The number of benzene rings is 3. The van der Waals surface area contributed by atoms with Gasteiger partial charge in [-0.05, 0) is 78.9 Å². The lowest BCUT2D eigenvalue weighted by molar-refractivity contribution is -0.384. The Morgan fingerprint density at radius 1 is 1.04 bits per heavy atom. The minimum absolute atomic E-state index is 0.0857. The molecule has 226 valence electrons. The minimum atomic E-state index is -0.477. The molecule has 45 heavy (non-hydrogen) atoms. The summed E-state index contributed by atoms with van der Waals surface area (Å²) in [5.41, 5.74) is 2.61. The molecule has 2 aromatic heterocycles. The van der Waals surface area contributed by atoms with Crippen LogP contribution in [0.15, 0.2) is 114 Å². The van der Waals surface area contributed by atoms with Crippen molar-refractivity contribution in [3.8, 4) is 22.8 Å². The molecule has 2 atom stereocenters. The molecule has 0 bridgehead atoms. The predicted octanol–water partition coefficient (Wildman–Crippen LogP) is 6.45. The summed E-state index contributed by atoms with van der Waals surface area (Å²) in [5.74, 6) is 1.70. The lowest BCUT2D eigenvalue weighted by Gasteiger charge is -2.26. The van der Waals surface area contributed by atoms with E-state index in [4.69, 9.17) is 26.1 Å². The molecule has 5 aromatic rings. The van der Waals surface area contributed by atoms with Crippen molar-refractivity contribution >= 4 is 40.3 Å². The number of anilines is 2. The number of amides is 1. The Bertz CT molecular complexity index is 1830. The number of nitrogens with one attached hydrogen (secondary N) is 2. The molecule has 1 aliphatic rings. The van der Waals surface area contributed by atoms with E-state index < -0.39 is 11.0 Å². The Kier molecular flexibility index (Phi) is 8.38. The van der Waals surface area contributed by atoms with Crippen molar-refractivity contribution in [1.82, 2.24) is 10.3 Å². The molecule has 11 nitrogen and oxygen atoms in total. The van der Waals surface area contributed by atoms with Gasteiger partial charge in [0.15, 0.2) is 11.7 Å². The fraction of sp³-hybridized carbons (Fsp3) is 0.121. The van der Waals surface area contributed by atoms with E-state index in [1.807, 2.05) is 59.5 Å². The van der Waals surface area contributed by atoms with Gasteiger partial charge >= 0.3 is 0 Å². The predicted molar refractivity (Wildman–Crippen MR) is 172 cm³/mol. The number of para-hydroxylation sites is 1. The second kappa shape index (κ2) is 12.9. The number of methoxy groups -OCH3 is 1. The number of thiocarbonyl (C=S) groups is 1. The molecule has 0 radical (unpaired) electrons. The zero-order valence-corrected chi connectivity index (χ0v) is 24.8. The molecular weight excluding hydrogens is 594 g/mol. The molecule has 3 aromatic carbocycles.